The zero-order chi connectivity index (χ0) is 20.9. The lowest BCUT2D eigenvalue weighted by Gasteiger charge is -2.16. The number of aromatic nitrogens is 2. The Balaban J connectivity index is 1.60. The second-order valence-corrected chi connectivity index (χ2v) is 7.11. The van der Waals surface area contributed by atoms with E-state index in [-0.39, 0.29) is 17.8 Å². The van der Waals surface area contributed by atoms with Crippen LogP contribution in [0.5, 0.6) is 0 Å². The van der Waals surface area contributed by atoms with Crippen molar-refractivity contribution in [2.24, 2.45) is 0 Å². The average Bonchev–Trinajstić information content (AvgIpc) is 3.13. The lowest BCUT2D eigenvalue weighted by molar-refractivity contribution is -0.117. The molecule has 0 saturated heterocycles. The number of halogens is 1. The highest BCUT2D eigenvalue weighted by Crippen LogP contribution is 2.23. The first kappa shape index (κ1) is 19.6. The molecule has 0 saturated carbocycles. The summed E-state index contributed by atoms with van der Waals surface area (Å²) in [6.45, 7) is 2.22. The van der Waals surface area contributed by atoms with E-state index in [1.54, 1.807) is 18.2 Å². The summed E-state index contributed by atoms with van der Waals surface area (Å²) in [5.41, 5.74) is 3.23. The van der Waals surface area contributed by atoms with E-state index in [2.05, 4.69) is 5.32 Å². The van der Waals surface area contributed by atoms with Gasteiger partial charge in [-0.3, -0.25) is 4.79 Å². The molecule has 30 heavy (non-hydrogen) atoms. The highest BCUT2D eigenvalue weighted by molar-refractivity contribution is 5.92. The minimum atomic E-state index is -0.350. The number of para-hydroxylation sites is 2. The Bertz CT molecular complexity index is 1200. The van der Waals surface area contributed by atoms with E-state index in [4.69, 9.17) is 4.98 Å². The summed E-state index contributed by atoms with van der Waals surface area (Å²) in [6.07, 6.45) is 3.28. The molecule has 0 aliphatic rings. The molecule has 0 spiro atoms. The maximum atomic E-state index is 14.3. The van der Waals surface area contributed by atoms with Gasteiger partial charge in [0, 0.05) is 11.6 Å². The van der Waals surface area contributed by atoms with E-state index >= 15 is 0 Å². The largest absolute Gasteiger partial charge is 0.343 e. The van der Waals surface area contributed by atoms with Crippen molar-refractivity contribution in [3.05, 3.63) is 108 Å². The molecule has 0 bridgehead atoms. The molecule has 1 amide bonds. The van der Waals surface area contributed by atoms with Crippen molar-refractivity contribution < 1.29 is 9.18 Å². The molecule has 0 radical (unpaired) electrons. The van der Waals surface area contributed by atoms with Gasteiger partial charge in [0.15, 0.2) is 0 Å². The molecule has 4 nitrogen and oxygen atoms in total. The Morgan fingerprint density at radius 3 is 2.53 bits per heavy atom. The average molecular weight is 399 g/mol. The van der Waals surface area contributed by atoms with Crippen LogP contribution in [0.2, 0.25) is 0 Å². The molecule has 0 aliphatic heterocycles. The zero-order valence-corrected chi connectivity index (χ0v) is 16.6. The number of carbonyl (C=O) groups excluding carboxylic acids is 1. The zero-order valence-electron chi connectivity index (χ0n) is 16.6. The molecule has 4 aromatic rings. The second kappa shape index (κ2) is 8.74. The molecule has 3 aromatic carbocycles. The van der Waals surface area contributed by atoms with Gasteiger partial charge in [-0.15, -0.1) is 0 Å². The smallest absolute Gasteiger partial charge is 0.244 e. The van der Waals surface area contributed by atoms with Crippen LogP contribution in [-0.4, -0.2) is 15.5 Å². The van der Waals surface area contributed by atoms with Crippen molar-refractivity contribution in [2.75, 3.05) is 0 Å². The van der Waals surface area contributed by atoms with Crippen LogP contribution < -0.4 is 5.32 Å². The Morgan fingerprint density at radius 1 is 1.03 bits per heavy atom. The van der Waals surface area contributed by atoms with Gasteiger partial charge in [0.2, 0.25) is 5.91 Å². The molecule has 1 aromatic heterocycles. The summed E-state index contributed by atoms with van der Waals surface area (Å²) < 4.78 is 16.2. The van der Waals surface area contributed by atoms with E-state index in [9.17, 15) is 9.18 Å². The molecule has 1 heterocycles. The number of nitrogens with zero attached hydrogens (tertiary/aromatic N) is 2. The highest BCUT2D eigenvalue weighted by Gasteiger charge is 2.18. The van der Waals surface area contributed by atoms with Crippen LogP contribution in [0.1, 0.15) is 29.9 Å². The fourth-order valence-electron chi connectivity index (χ4n) is 3.45. The summed E-state index contributed by atoms with van der Waals surface area (Å²) in [5.74, 6) is 0.209. The third-order valence-corrected chi connectivity index (χ3v) is 4.94. The maximum Gasteiger partial charge on any atom is 0.244 e. The fraction of sp³-hybridized carbons (Fsp3) is 0.120. The summed E-state index contributed by atoms with van der Waals surface area (Å²) in [6, 6.07) is 23.7. The molecule has 1 atom stereocenters. The lowest BCUT2D eigenvalue weighted by atomic mass is 10.2. The van der Waals surface area contributed by atoms with Crippen molar-refractivity contribution in [1.29, 1.82) is 0 Å². The van der Waals surface area contributed by atoms with Gasteiger partial charge in [-0.1, -0.05) is 60.7 Å². The quantitative estimate of drug-likeness (QED) is 0.458. The van der Waals surface area contributed by atoms with Crippen molar-refractivity contribution >= 4 is 23.0 Å². The normalized spacial score (nSPS) is 12.3. The van der Waals surface area contributed by atoms with Crippen LogP contribution in [0.15, 0.2) is 84.9 Å². The molecule has 150 valence electrons. The summed E-state index contributed by atoms with van der Waals surface area (Å²) in [4.78, 5) is 17.2. The molecular weight excluding hydrogens is 377 g/mol. The monoisotopic (exact) mass is 399 g/mol. The number of benzene rings is 3. The van der Waals surface area contributed by atoms with E-state index in [0.29, 0.717) is 17.9 Å². The maximum absolute atomic E-state index is 14.3. The second-order valence-electron chi connectivity index (χ2n) is 7.11. The molecule has 0 fully saturated rings. The van der Waals surface area contributed by atoms with Crippen molar-refractivity contribution in [3.63, 3.8) is 0 Å². The molecule has 5 heteroatoms. The van der Waals surface area contributed by atoms with Gasteiger partial charge < -0.3 is 9.88 Å². The summed E-state index contributed by atoms with van der Waals surface area (Å²) >= 11 is 0. The number of imidazole rings is 1. The Labute approximate surface area is 174 Å². The topological polar surface area (TPSA) is 46.9 Å². The van der Waals surface area contributed by atoms with E-state index < -0.39 is 0 Å². The third kappa shape index (κ3) is 4.30. The van der Waals surface area contributed by atoms with Crippen molar-refractivity contribution in [2.45, 2.75) is 19.5 Å². The number of nitrogens with one attached hydrogen (secondary N) is 1. The van der Waals surface area contributed by atoms with Gasteiger partial charge in [0.25, 0.3) is 0 Å². The van der Waals surface area contributed by atoms with Crippen molar-refractivity contribution in [3.8, 4) is 0 Å². The predicted octanol–water partition coefficient (Wildman–Crippen LogP) is 5.11. The van der Waals surface area contributed by atoms with Gasteiger partial charge in [-0.05, 0) is 36.8 Å². The van der Waals surface area contributed by atoms with E-state index in [0.717, 1.165) is 16.6 Å². The predicted molar refractivity (Wildman–Crippen MR) is 117 cm³/mol. The van der Waals surface area contributed by atoms with Gasteiger partial charge >= 0.3 is 0 Å². The van der Waals surface area contributed by atoms with Crippen LogP contribution in [0.25, 0.3) is 17.1 Å². The number of carbonyl (C=O) groups is 1. The Hall–Kier alpha value is -3.73. The Kier molecular flexibility index (Phi) is 5.70. The van der Waals surface area contributed by atoms with Crippen LogP contribution in [0.4, 0.5) is 4.39 Å². The van der Waals surface area contributed by atoms with Crippen LogP contribution >= 0.6 is 0 Å². The van der Waals surface area contributed by atoms with Gasteiger partial charge in [-0.2, -0.15) is 0 Å². The lowest BCUT2D eigenvalue weighted by Crippen LogP contribution is -2.27. The molecule has 0 unspecified atom stereocenters. The van der Waals surface area contributed by atoms with Crippen LogP contribution in [0.3, 0.4) is 0 Å². The molecule has 0 aliphatic carbocycles. The minimum Gasteiger partial charge on any atom is -0.343 e. The molecule has 4 rings (SSSR count). The van der Waals surface area contributed by atoms with Crippen LogP contribution in [0, 0.1) is 5.82 Å². The Morgan fingerprint density at radius 2 is 1.73 bits per heavy atom. The standard InChI is InChI=1S/C25H22FN3O/c1-18(27-24(30)16-15-19-9-3-2-4-10-19)25-28-22-13-7-8-14-23(22)29(25)17-20-11-5-6-12-21(20)26/h2-16,18H,17H2,1H3,(H,27,30)/b16-15+/t18-/m1/s1. The summed E-state index contributed by atoms with van der Waals surface area (Å²) in [5, 5.41) is 2.97. The SMILES string of the molecule is C[C@@H](NC(=O)/C=C/c1ccccc1)c1nc2ccccc2n1Cc1ccccc1F. The highest BCUT2D eigenvalue weighted by atomic mass is 19.1. The minimum absolute atomic E-state index is 0.212. The first-order valence-corrected chi connectivity index (χ1v) is 9.84. The number of hydrogen-bond acceptors (Lipinski definition) is 2. The van der Waals surface area contributed by atoms with Crippen LogP contribution in [-0.2, 0) is 11.3 Å². The van der Waals surface area contributed by atoms with E-state index in [1.807, 2.05) is 72.2 Å². The third-order valence-electron chi connectivity index (χ3n) is 4.94. The number of amides is 1. The number of hydrogen-bond donors (Lipinski definition) is 1. The number of rotatable bonds is 6. The first-order valence-electron chi connectivity index (χ1n) is 9.84. The summed E-state index contributed by atoms with van der Waals surface area (Å²) in [7, 11) is 0. The van der Waals surface area contributed by atoms with E-state index in [1.165, 1.54) is 12.1 Å². The van der Waals surface area contributed by atoms with Gasteiger partial charge in [0.05, 0.1) is 23.6 Å². The first-order chi connectivity index (χ1) is 14.6. The molecular formula is C25H22FN3O. The van der Waals surface area contributed by atoms with Gasteiger partial charge in [-0.25, -0.2) is 9.37 Å². The number of fused-ring (bicyclic) bond motifs is 1. The molecule has 1 N–H and O–H groups in total. The van der Waals surface area contributed by atoms with Crippen molar-refractivity contribution in [1.82, 2.24) is 14.9 Å². The van der Waals surface area contributed by atoms with Gasteiger partial charge in [0.1, 0.15) is 11.6 Å². The fourth-order valence-corrected chi connectivity index (χ4v) is 3.45.